The number of ether oxygens (including phenoxy) is 2. The van der Waals surface area contributed by atoms with Crippen molar-refractivity contribution in [3.05, 3.63) is 83.4 Å². The van der Waals surface area contributed by atoms with Crippen LogP contribution in [0.5, 0.6) is 11.5 Å². The van der Waals surface area contributed by atoms with Gasteiger partial charge in [-0.05, 0) is 45.9 Å². The third kappa shape index (κ3) is 4.87. The lowest BCUT2D eigenvalue weighted by atomic mass is 9.70. The van der Waals surface area contributed by atoms with Crippen molar-refractivity contribution < 1.29 is 9.47 Å². The lowest BCUT2D eigenvalue weighted by Crippen LogP contribution is -2.30. The lowest BCUT2D eigenvalue weighted by molar-refractivity contribution is 0.350. The summed E-state index contributed by atoms with van der Waals surface area (Å²) < 4.78 is 10.8. The third-order valence-corrected chi connectivity index (χ3v) is 6.80. The monoisotopic (exact) mass is 486 g/mol. The molecular formula is C30H31ClN2O2. The van der Waals surface area contributed by atoms with Crippen LogP contribution in [0.15, 0.2) is 66.7 Å². The van der Waals surface area contributed by atoms with Crippen LogP contribution in [0, 0.1) is 29.1 Å². The van der Waals surface area contributed by atoms with Crippen LogP contribution in [0.3, 0.4) is 0 Å². The molecule has 1 atom stereocenters. The van der Waals surface area contributed by atoms with Crippen LogP contribution >= 0.6 is 12.4 Å². The summed E-state index contributed by atoms with van der Waals surface area (Å²) in [5.74, 6) is 7.90. The van der Waals surface area contributed by atoms with Gasteiger partial charge in [0.2, 0.25) is 0 Å². The topological polar surface area (TPSA) is 54.3 Å². The van der Waals surface area contributed by atoms with Crippen molar-refractivity contribution >= 4 is 12.4 Å². The maximum atomic E-state index is 10.2. The Kier molecular flexibility index (Phi) is 8.47. The second kappa shape index (κ2) is 11.3. The number of rotatable bonds is 7. The van der Waals surface area contributed by atoms with Gasteiger partial charge in [-0.2, -0.15) is 5.26 Å². The quantitative estimate of drug-likeness (QED) is 0.398. The van der Waals surface area contributed by atoms with Gasteiger partial charge in [-0.1, -0.05) is 80.3 Å². The van der Waals surface area contributed by atoms with Crippen molar-refractivity contribution in [2.75, 3.05) is 20.8 Å². The van der Waals surface area contributed by atoms with Crippen molar-refractivity contribution in [2.45, 2.75) is 31.7 Å². The Hall–Kier alpha value is -3.44. The molecule has 0 aliphatic heterocycles. The van der Waals surface area contributed by atoms with E-state index in [0.29, 0.717) is 24.5 Å². The zero-order chi connectivity index (χ0) is 24.1. The maximum absolute atomic E-state index is 10.2. The van der Waals surface area contributed by atoms with E-state index in [2.05, 4.69) is 85.6 Å². The van der Waals surface area contributed by atoms with Crippen molar-refractivity contribution in [1.29, 1.82) is 5.26 Å². The zero-order valence-electron chi connectivity index (χ0n) is 20.6. The van der Waals surface area contributed by atoms with Crippen LogP contribution in [0.25, 0.3) is 11.1 Å². The second-order valence-corrected chi connectivity index (χ2v) is 8.83. The number of methoxy groups -OCH3 is 2. The smallest absolute Gasteiger partial charge is 0.161 e. The normalized spacial score (nSPS) is 13.4. The molecule has 0 saturated heterocycles. The van der Waals surface area contributed by atoms with E-state index in [-0.39, 0.29) is 24.4 Å². The molecule has 1 N–H and O–H groups in total. The van der Waals surface area contributed by atoms with Gasteiger partial charge in [-0.25, -0.2) is 0 Å². The van der Waals surface area contributed by atoms with Crippen molar-refractivity contribution in [3.63, 3.8) is 0 Å². The number of hydrogen-bond donors (Lipinski definition) is 1. The summed E-state index contributed by atoms with van der Waals surface area (Å²) in [4.78, 5) is 0. The summed E-state index contributed by atoms with van der Waals surface area (Å²) in [6, 6.07) is 25.4. The van der Waals surface area contributed by atoms with Gasteiger partial charge < -0.3 is 9.47 Å². The molecule has 1 unspecified atom stereocenters. The number of nitrogens with one attached hydrogen (secondary N) is 1. The van der Waals surface area contributed by atoms with Gasteiger partial charge in [0.25, 0.3) is 0 Å². The van der Waals surface area contributed by atoms with E-state index in [9.17, 15) is 5.26 Å². The van der Waals surface area contributed by atoms with Gasteiger partial charge in [0.15, 0.2) is 11.5 Å². The van der Waals surface area contributed by atoms with E-state index in [1.54, 1.807) is 14.2 Å². The Morgan fingerprint density at radius 3 is 2.03 bits per heavy atom. The van der Waals surface area contributed by atoms with E-state index in [1.807, 2.05) is 18.2 Å². The van der Waals surface area contributed by atoms with Crippen LogP contribution in [0.4, 0.5) is 0 Å². The fourth-order valence-electron chi connectivity index (χ4n) is 4.78. The molecule has 0 bridgehead atoms. The minimum Gasteiger partial charge on any atom is -0.493 e. The summed E-state index contributed by atoms with van der Waals surface area (Å²) in [6.07, 6.45) is 0.441. The fraction of sp³-hybridized carbons (Fsp3) is 0.300. The Morgan fingerprint density at radius 1 is 0.886 bits per heavy atom. The number of nitriles is 1. The molecule has 4 rings (SSSR count). The van der Waals surface area contributed by atoms with Gasteiger partial charge in [0.05, 0.1) is 38.3 Å². The summed E-state index contributed by atoms with van der Waals surface area (Å²) in [7, 11) is 3.22. The largest absolute Gasteiger partial charge is 0.493 e. The molecule has 0 aromatic heterocycles. The minimum atomic E-state index is -0.737. The maximum Gasteiger partial charge on any atom is 0.161 e. The standard InChI is InChI=1S/C30H30N2O2.ClH/c1-21(2)30(20-31,22-15-16-27(33-3)28(19-22)34-4)17-9-10-18-32-29-25-13-7-5-11-23(25)24-12-6-8-14-26(24)29;/h5-8,11-16,19,21,29,32H,17-18H2,1-4H3;1H. The highest BCUT2D eigenvalue weighted by Gasteiger charge is 2.36. The zero-order valence-corrected chi connectivity index (χ0v) is 21.4. The Balaban J connectivity index is 0.00000342. The molecule has 0 radical (unpaired) electrons. The Morgan fingerprint density at radius 2 is 1.49 bits per heavy atom. The van der Waals surface area contributed by atoms with Gasteiger partial charge in [-0.15, -0.1) is 12.4 Å². The molecular weight excluding hydrogens is 456 g/mol. The highest BCUT2D eigenvalue weighted by molar-refractivity contribution is 5.85. The molecule has 5 heteroatoms. The fourth-order valence-corrected chi connectivity index (χ4v) is 4.78. The molecule has 4 nitrogen and oxygen atoms in total. The molecule has 3 aromatic carbocycles. The van der Waals surface area contributed by atoms with Gasteiger partial charge in [0.1, 0.15) is 0 Å². The van der Waals surface area contributed by atoms with E-state index >= 15 is 0 Å². The first-order chi connectivity index (χ1) is 16.6. The van der Waals surface area contributed by atoms with E-state index in [1.165, 1.54) is 22.3 Å². The second-order valence-electron chi connectivity index (χ2n) is 8.83. The molecule has 0 amide bonds. The first-order valence-corrected chi connectivity index (χ1v) is 11.6. The number of fused-ring (bicyclic) bond motifs is 3. The minimum absolute atomic E-state index is 0. The summed E-state index contributed by atoms with van der Waals surface area (Å²) in [6.45, 7) is 4.66. The summed E-state index contributed by atoms with van der Waals surface area (Å²) in [5.41, 5.74) is 5.27. The van der Waals surface area contributed by atoms with E-state index < -0.39 is 5.41 Å². The van der Waals surface area contributed by atoms with E-state index in [4.69, 9.17) is 9.47 Å². The highest BCUT2D eigenvalue weighted by atomic mass is 35.5. The molecule has 1 aliphatic carbocycles. The van der Waals surface area contributed by atoms with Crippen molar-refractivity contribution in [1.82, 2.24) is 5.32 Å². The molecule has 0 saturated carbocycles. The first kappa shape index (κ1) is 26.2. The average molecular weight is 487 g/mol. The Bertz CT molecular complexity index is 1240. The number of benzene rings is 3. The molecule has 0 spiro atoms. The molecule has 3 aromatic rings. The predicted molar refractivity (Wildman–Crippen MR) is 143 cm³/mol. The van der Waals surface area contributed by atoms with Gasteiger partial charge in [0, 0.05) is 6.42 Å². The van der Waals surface area contributed by atoms with Crippen LogP contribution in [-0.2, 0) is 5.41 Å². The SMILES string of the molecule is COc1ccc(C(C#N)(CC#CCNC2c3ccccc3-c3ccccc32)C(C)C)cc1OC.Cl. The highest BCUT2D eigenvalue weighted by Crippen LogP contribution is 2.43. The predicted octanol–water partition coefficient (Wildman–Crippen LogP) is 6.30. The number of halogens is 1. The number of nitrogens with zero attached hydrogens (tertiary/aromatic N) is 1. The molecule has 35 heavy (non-hydrogen) atoms. The first-order valence-electron chi connectivity index (χ1n) is 11.6. The van der Waals surface area contributed by atoms with Crippen LogP contribution in [0.2, 0.25) is 0 Å². The number of hydrogen-bond acceptors (Lipinski definition) is 4. The van der Waals surface area contributed by atoms with Gasteiger partial charge in [-0.3, -0.25) is 5.32 Å². The molecule has 0 heterocycles. The van der Waals surface area contributed by atoms with Crippen molar-refractivity contribution in [2.24, 2.45) is 5.92 Å². The Labute approximate surface area is 214 Å². The molecule has 1 aliphatic rings. The van der Waals surface area contributed by atoms with Crippen LogP contribution in [-0.4, -0.2) is 20.8 Å². The lowest BCUT2D eigenvalue weighted by Gasteiger charge is -2.30. The average Bonchev–Trinajstić information content (AvgIpc) is 3.19. The van der Waals surface area contributed by atoms with Crippen LogP contribution in [0.1, 0.15) is 43.0 Å². The third-order valence-electron chi connectivity index (χ3n) is 6.80. The molecule has 180 valence electrons. The van der Waals surface area contributed by atoms with Crippen molar-refractivity contribution in [3.8, 4) is 40.5 Å². The molecule has 0 fully saturated rings. The summed E-state index contributed by atoms with van der Waals surface area (Å²) in [5, 5.41) is 13.8. The van der Waals surface area contributed by atoms with E-state index in [0.717, 1.165) is 5.56 Å². The van der Waals surface area contributed by atoms with Gasteiger partial charge >= 0.3 is 0 Å². The summed E-state index contributed by atoms with van der Waals surface area (Å²) >= 11 is 0. The van der Waals surface area contributed by atoms with Crippen LogP contribution < -0.4 is 14.8 Å².